The summed E-state index contributed by atoms with van der Waals surface area (Å²) in [5, 5.41) is 10.0. The van der Waals surface area contributed by atoms with Gasteiger partial charge in [0.1, 0.15) is 22.1 Å². The zero-order chi connectivity index (χ0) is 42.2. The number of carbonyl (C=O) groups excluding carboxylic acids is 4. The van der Waals surface area contributed by atoms with Gasteiger partial charge in [-0.25, -0.2) is 9.97 Å². The Balaban J connectivity index is 0.797. The second kappa shape index (κ2) is 17.4. The van der Waals surface area contributed by atoms with Crippen molar-refractivity contribution in [2.45, 2.75) is 75.5 Å². The number of aromatic nitrogens is 2. The van der Waals surface area contributed by atoms with E-state index in [0.29, 0.717) is 13.1 Å². The summed E-state index contributed by atoms with van der Waals surface area (Å²) in [6, 6.07) is 34.4. The fourth-order valence-corrected chi connectivity index (χ4v) is 10.8. The van der Waals surface area contributed by atoms with Gasteiger partial charge in [0.15, 0.2) is 0 Å². The highest BCUT2D eigenvalue weighted by Gasteiger charge is 2.41. The summed E-state index contributed by atoms with van der Waals surface area (Å²) in [5.74, 6) is -0.216. The molecule has 2 unspecified atom stereocenters. The molecule has 2 aliphatic carbocycles. The number of thiazole rings is 2. The predicted octanol–water partition coefficient (Wildman–Crippen LogP) is 9.46. The molecular formula is C50H48N6O4S2. The largest absolute Gasteiger partial charge is 0.340 e. The van der Waals surface area contributed by atoms with E-state index >= 15 is 0 Å². The Morgan fingerprint density at radius 2 is 1.03 bits per heavy atom. The summed E-state index contributed by atoms with van der Waals surface area (Å²) < 4.78 is 0. The number of nitrogens with one attached hydrogen (secondary N) is 2. The fraction of sp³-hybridized carbons (Fsp3) is 0.320. The molecule has 0 radical (unpaired) electrons. The van der Waals surface area contributed by atoms with Crippen LogP contribution in [0.15, 0.2) is 121 Å². The van der Waals surface area contributed by atoms with Crippen molar-refractivity contribution < 1.29 is 19.2 Å². The van der Waals surface area contributed by atoms with Gasteiger partial charge in [-0.1, -0.05) is 109 Å². The minimum Gasteiger partial charge on any atom is -0.340 e. The number of rotatable bonds is 13. The third-order valence-corrected chi connectivity index (χ3v) is 14.7. The molecule has 314 valence electrons. The van der Waals surface area contributed by atoms with Gasteiger partial charge in [0, 0.05) is 42.1 Å². The summed E-state index contributed by atoms with van der Waals surface area (Å²) in [6.45, 7) is 1.27. The lowest BCUT2D eigenvalue weighted by Gasteiger charge is -2.28. The van der Waals surface area contributed by atoms with Crippen molar-refractivity contribution in [3.63, 3.8) is 0 Å². The quantitative estimate of drug-likeness (QED) is 0.119. The van der Waals surface area contributed by atoms with Gasteiger partial charge in [-0.15, -0.1) is 22.7 Å². The van der Waals surface area contributed by atoms with Crippen LogP contribution in [-0.2, 0) is 19.2 Å². The van der Waals surface area contributed by atoms with Crippen molar-refractivity contribution in [1.82, 2.24) is 30.4 Å². The topological polar surface area (TPSA) is 125 Å². The van der Waals surface area contributed by atoms with E-state index in [4.69, 9.17) is 9.97 Å². The first-order chi connectivity index (χ1) is 30.4. The van der Waals surface area contributed by atoms with Gasteiger partial charge >= 0.3 is 0 Å². The fourth-order valence-electron chi connectivity index (χ4n) is 8.79. The first-order valence-electron chi connectivity index (χ1n) is 21.8. The van der Waals surface area contributed by atoms with E-state index in [1.807, 2.05) is 76.7 Å². The van der Waals surface area contributed by atoms with E-state index in [2.05, 4.69) is 64.5 Å². The van der Waals surface area contributed by atoms with Gasteiger partial charge in [-0.3, -0.25) is 19.2 Å². The zero-order valence-corrected chi connectivity index (χ0v) is 36.0. The summed E-state index contributed by atoms with van der Waals surface area (Å²) >= 11 is 3.21. The van der Waals surface area contributed by atoms with Crippen molar-refractivity contribution in [3.8, 4) is 32.8 Å². The molecule has 0 spiro atoms. The van der Waals surface area contributed by atoms with E-state index < -0.39 is 12.1 Å². The highest BCUT2D eigenvalue weighted by Crippen LogP contribution is 2.41. The van der Waals surface area contributed by atoms with Crippen LogP contribution in [0, 0.1) is 11.8 Å². The molecule has 4 amide bonds. The standard InChI is InChI=1S/C50H48N6O4S2/c57-45(37-23-24-37)53-43(35-9-3-1-4-10-35)49(59)55-27-7-13-40(55)47-51-29-42(62-47)34-21-17-32(18-22-34)31-15-19-33(20-16-31)39-30-61-48(52-39)41-14-8-28-56(41)50(60)44(36-11-5-2-6-12-36)54-46(58)38-25-26-38/h1-6,9-12,15-22,29-30,37-38,40-41,43-44H,7-8,13-14,23-28H2,(H,53,57)(H,54,58)/t40?,41-,43+,44?/m0/s1. The van der Waals surface area contributed by atoms with Crippen molar-refractivity contribution >= 4 is 46.3 Å². The van der Waals surface area contributed by atoms with Gasteiger partial charge in [0.2, 0.25) is 23.6 Å². The summed E-state index contributed by atoms with van der Waals surface area (Å²) in [7, 11) is 0. The van der Waals surface area contributed by atoms with Crippen LogP contribution in [-0.4, -0.2) is 56.5 Å². The number of carbonyl (C=O) groups is 4. The molecule has 62 heavy (non-hydrogen) atoms. The van der Waals surface area contributed by atoms with Crippen LogP contribution >= 0.6 is 22.7 Å². The first-order valence-corrected chi connectivity index (χ1v) is 23.5. The van der Waals surface area contributed by atoms with Crippen molar-refractivity contribution in [2.24, 2.45) is 11.8 Å². The number of likely N-dealkylation sites (tertiary alicyclic amines) is 2. The van der Waals surface area contributed by atoms with Gasteiger partial charge in [-0.2, -0.15) is 0 Å². The molecule has 6 aromatic rings. The number of nitrogens with zero attached hydrogens (tertiary/aromatic N) is 4. The first kappa shape index (κ1) is 40.1. The molecule has 4 heterocycles. The molecular weight excluding hydrogens is 813 g/mol. The predicted molar refractivity (Wildman–Crippen MR) is 242 cm³/mol. The second-order valence-corrected chi connectivity index (χ2v) is 18.9. The minimum atomic E-state index is -0.711. The van der Waals surface area contributed by atoms with Gasteiger partial charge < -0.3 is 20.4 Å². The maximum absolute atomic E-state index is 14.1. The lowest BCUT2D eigenvalue weighted by atomic mass is 10.0. The van der Waals surface area contributed by atoms with Crippen LogP contribution < -0.4 is 10.6 Å². The smallest absolute Gasteiger partial charge is 0.250 e. The number of hydrogen-bond acceptors (Lipinski definition) is 8. The average molecular weight is 861 g/mol. The molecule has 2 aromatic heterocycles. The highest BCUT2D eigenvalue weighted by molar-refractivity contribution is 7.15. The van der Waals surface area contributed by atoms with Crippen LogP contribution in [0.1, 0.15) is 96.7 Å². The number of hydrogen-bond donors (Lipinski definition) is 2. The molecule has 2 saturated heterocycles. The van der Waals surface area contributed by atoms with Crippen molar-refractivity contribution in [2.75, 3.05) is 13.1 Å². The van der Waals surface area contributed by atoms with E-state index in [9.17, 15) is 19.2 Å². The van der Waals surface area contributed by atoms with Crippen LogP contribution in [0.2, 0.25) is 0 Å². The molecule has 4 aliphatic rings. The Morgan fingerprint density at radius 3 is 1.53 bits per heavy atom. The van der Waals surface area contributed by atoms with Gasteiger partial charge in [0.05, 0.1) is 22.7 Å². The second-order valence-electron chi connectivity index (χ2n) is 16.9. The summed E-state index contributed by atoms with van der Waals surface area (Å²) in [6.07, 6.45) is 8.88. The van der Waals surface area contributed by atoms with Crippen LogP contribution in [0.3, 0.4) is 0 Å². The molecule has 10 nitrogen and oxygen atoms in total. The minimum absolute atomic E-state index is 0.0106. The third kappa shape index (κ3) is 8.45. The normalized spacial score (nSPS) is 19.5. The summed E-state index contributed by atoms with van der Waals surface area (Å²) in [4.78, 5) is 68.7. The van der Waals surface area contributed by atoms with Crippen LogP contribution in [0.25, 0.3) is 32.8 Å². The number of amides is 4. The summed E-state index contributed by atoms with van der Waals surface area (Å²) in [5.41, 5.74) is 6.76. The third-order valence-electron chi connectivity index (χ3n) is 12.6. The Labute approximate surface area is 369 Å². The maximum Gasteiger partial charge on any atom is 0.250 e. The molecule has 10 rings (SSSR count). The Hall–Kier alpha value is -5.98. The molecule has 0 bridgehead atoms. The van der Waals surface area contributed by atoms with Gasteiger partial charge in [-0.05, 0) is 79.2 Å². The van der Waals surface area contributed by atoms with E-state index in [1.54, 1.807) is 22.7 Å². The van der Waals surface area contributed by atoms with E-state index in [1.165, 1.54) is 0 Å². The SMILES string of the molecule is O=C(NC(C(=O)N1CCC[C@H]1c1nc(-c2ccc(-c3ccc(-c4cnc(C5CCCN5C(=O)[C@H](NC(=O)C5CC5)c5ccccc5)s4)cc3)cc2)cs1)c1ccccc1)C1CC1. The molecule has 12 heteroatoms. The zero-order valence-electron chi connectivity index (χ0n) is 34.3. The van der Waals surface area contributed by atoms with Crippen molar-refractivity contribution in [3.05, 3.63) is 142 Å². The maximum atomic E-state index is 14.1. The number of benzene rings is 4. The highest BCUT2D eigenvalue weighted by atomic mass is 32.1. The molecule has 4 aromatic carbocycles. The molecule has 2 aliphatic heterocycles. The van der Waals surface area contributed by atoms with E-state index in [-0.39, 0.29) is 47.5 Å². The average Bonchev–Trinajstić information content (AvgIpc) is 4.07. The van der Waals surface area contributed by atoms with Gasteiger partial charge in [0.25, 0.3) is 0 Å². The molecule has 4 fully saturated rings. The van der Waals surface area contributed by atoms with Crippen molar-refractivity contribution in [1.29, 1.82) is 0 Å². The lowest BCUT2D eigenvalue weighted by molar-refractivity contribution is -0.138. The Kier molecular flexibility index (Phi) is 11.3. The Bertz CT molecular complexity index is 2390. The molecule has 2 N–H and O–H groups in total. The van der Waals surface area contributed by atoms with Crippen LogP contribution in [0.4, 0.5) is 0 Å². The van der Waals surface area contributed by atoms with Crippen LogP contribution in [0.5, 0.6) is 0 Å². The monoisotopic (exact) mass is 860 g/mol. The molecule has 4 atom stereocenters. The molecule has 2 saturated carbocycles. The lowest BCUT2D eigenvalue weighted by Crippen LogP contribution is -2.43. The van der Waals surface area contributed by atoms with E-state index in [0.717, 1.165) is 105 Å². The Morgan fingerprint density at radius 1 is 0.565 bits per heavy atom.